The normalized spacial score (nSPS) is 19.9. The highest BCUT2D eigenvalue weighted by Crippen LogP contribution is 2.51. The second-order valence-corrected chi connectivity index (χ2v) is 9.42. The van der Waals surface area contributed by atoms with Crippen LogP contribution in [0.1, 0.15) is 29.3 Å². The van der Waals surface area contributed by atoms with E-state index in [1.165, 1.54) is 16.8 Å². The highest BCUT2D eigenvalue weighted by Gasteiger charge is 2.54. The van der Waals surface area contributed by atoms with Crippen molar-refractivity contribution in [1.82, 2.24) is 9.55 Å². The van der Waals surface area contributed by atoms with Gasteiger partial charge < -0.3 is 30.2 Å². The fraction of sp³-hybridized carbons (Fsp3) is 0.267. The van der Waals surface area contributed by atoms with E-state index in [0.29, 0.717) is 22.6 Å². The number of hydrogen-bond acceptors (Lipinski definition) is 8. The molecule has 0 spiro atoms. The summed E-state index contributed by atoms with van der Waals surface area (Å²) in [6, 6.07) is 25.8. The van der Waals surface area contributed by atoms with Gasteiger partial charge in [-0.15, -0.1) is 0 Å². The molecular weight excluding hydrogens is 498 g/mol. The van der Waals surface area contributed by atoms with Gasteiger partial charge >= 0.3 is 5.69 Å². The summed E-state index contributed by atoms with van der Waals surface area (Å²) < 4.78 is 19.1. The third kappa shape index (κ3) is 4.54. The minimum Gasteiger partial charge on any atom is -0.496 e. The zero-order valence-corrected chi connectivity index (χ0v) is 21.7. The van der Waals surface area contributed by atoms with Crippen LogP contribution in [0.4, 0.5) is 5.82 Å². The first kappa shape index (κ1) is 26.4. The maximum Gasteiger partial charge on any atom is 0.351 e. The summed E-state index contributed by atoms with van der Waals surface area (Å²) in [5, 5.41) is 23.8. The molecule has 4 atom stereocenters. The molecule has 1 aliphatic rings. The summed E-state index contributed by atoms with van der Waals surface area (Å²) in [6.45, 7) is 0. The van der Waals surface area contributed by atoms with Crippen LogP contribution >= 0.6 is 0 Å². The van der Waals surface area contributed by atoms with Crippen molar-refractivity contribution in [3.8, 4) is 11.5 Å². The van der Waals surface area contributed by atoms with Crippen LogP contribution in [-0.2, 0) is 10.2 Å². The molecule has 1 aromatic heterocycles. The van der Waals surface area contributed by atoms with Crippen molar-refractivity contribution in [3.05, 3.63) is 118 Å². The van der Waals surface area contributed by atoms with E-state index in [9.17, 15) is 15.0 Å². The zero-order valence-electron chi connectivity index (χ0n) is 21.7. The lowest BCUT2D eigenvalue weighted by Crippen LogP contribution is -2.51. The molecule has 1 aliphatic heterocycles. The highest BCUT2D eigenvalue weighted by molar-refractivity contribution is 5.60. The molecule has 1 unspecified atom stereocenters. The summed E-state index contributed by atoms with van der Waals surface area (Å²) >= 11 is 0. The van der Waals surface area contributed by atoms with Crippen LogP contribution in [0.5, 0.6) is 11.5 Å². The Morgan fingerprint density at radius 2 is 1.51 bits per heavy atom. The first-order valence-corrected chi connectivity index (χ1v) is 12.6. The first-order valence-electron chi connectivity index (χ1n) is 12.6. The number of anilines is 1. The lowest BCUT2D eigenvalue weighted by Gasteiger charge is -2.43. The summed E-state index contributed by atoms with van der Waals surface area (Å²) in [5.74, 6) is 1.16. The van der Waals surface area contributed by atoms with Crippen molar-refractivity contribution in [2.75, 3.05) is 20.0 Å². The minimum atomic E-state index is -1.36. The average Bonchev–Trinajstić information content (AvgIpc) is 3.35. The van der Waals surface area contributed by atoms with E-state index in [1.54, 1.807) is 14.2 Å². The number of methoxy groups -OCH3 is 2. The van der Waals surface area contributed by atoms with E-state index in [-0.39, 0.29) is 12.2 Å². The Balaban J connectivity index is 1.74. The zero-order chi connectivity index (χ0) is 27.6. The number of benzene rings is 3. The number of nitrogens with two attached hydrogens (primary N) is 1. The molecule has 5 rings (SSSR count). The number of aliphatic hydroxyl groups is 2. The molecule has 39 heavy (non-hydrogen) atoms. The average molecular weight is 530 g/mol. The van der Waals surface area contributed by atoms with Gasteiger partial charge in [0.25, 0.3) is 0 Å². The van der Waals surface area contributed by atoms with Gasteiger partial charge in [0.2, 0.25) is 0 Å². The van der Waals surface area contributed by atoms with Crippen LogP contribution in [-0.4, -0.2) is 52.3 Å². The molecule has 0 amide bonds. The summed E-state index contributed by atoms with van der Waals surface area (Å²) in [4.78, 5) is 16.3. The third-order valence-electron chi connectivity index (χ3n) is 7.35. The van der Waals surface area contributed by atoms with Crippen molar-refractivity contribution < 1.29 is 24.4 Å². The van der Waals surface area contributed by atoms with Crippen LogP contribution in [0.25, 0.3) is 0 Å². The lowest BCUT2D eigenvalue weighted by molar-refractivity contribution is -0.0979. The van der Waals surface area contributed by atoms with Gasteiger partial charge in [0, 0.05) is 23.7 Å². The van der Waals surface area contributed by atoms with Crippen LogP contribution < -0.4 is 20.9 Å². The number of aliphatic hydroxyl groups excluding tert-OH is 2. The molecular formula is C30H31N3O6. The summed E-state index contributed by atoms with van der Waals surface area (Å²) in [7, 11) is 3.14. The molecule has 4 aromatic rings. The number of ether oxygens (including phenoxy) is 3. The van der Waals surface area contributed by atoms with E-state index in [4.69, 9.17) is 19.9 Å². The van der Waals surface area contributed by atoms with Gasteiger partial charge in [0.1, 0.15) is 35.8 Å². The molecule has 9 nitrogen and oxygen atoms in total. The number of nitrogens with zero attached hydrogens (tertiary/aromatic N) is 2. The SMILES string of the molecule is COc1ccccc1C(c1ccccc1)(c1ccccc1OC)C(O)[C@H]1O[C@@H](n2ccc(N)nc2=O)C[C@@H]1O. The van der Waals surface area contributed by atoms with Crippen LogP contribution in [0.3, 0.4) is 0 Å². The second-order valence-electron chi connectivity index (χ2n) is 9.42. The van der Waals surface area contributed by atoms with Crippen LogP contribution in [0.15, 0.2) is 95.9 Å². The van der Waals surface area contributed by atoms with Crippen molar-refractivity contribution in [1.29, 1.82) is 0 Å². The van der Waals surface area contributed by atoms with Gasteiger partial charge in [-0.05, 0) is 23.8 Å². The number of hydrogen-bond donors (Lipinski definition) is 3. The molecule has 2 heterocycles. The molecule has 3 aromatic carbocycles. The Bertz CT molecular complexity index is 1440. The lowest BCUT2D eigenvalue weighted by atomic mass is 9.63. The monoisotopic (exact) mass is 529 g/mol. The third-order valence-corrected chi connectivity index (χ3v) is 7.35. The number of para-hydroxylation sites is 2. The molecule has 0 radical (unpaired) electrons. The van der Waals surface area contributed by atoms with E-state index in [1.807, 2.05) is 78.9 Å². The van der Waals surface area contributed by atoms with Gasteiger partial charge in [-0.2, -0.15) is 4.98 Å². The molecule has 4 N–H and O–H groups in total. The molecule has 202 valence electrons. The molecule has 0 bridgehead atoms. The Morgan fingerprint density at radius 3 is 2.08 bits per heavy atom. The minimum absolute atomic E-state index is 0.0654. The second kappa shape index (κ2) is 10.9. The van der Waals surface area contributed by atoms with E-state index in [0.717, 1.165) is 5.56 Å². The van der Waals surface area contributed by atoms with Gasteiger partial charge in [-0.25, -0.2) is 4.79 Å². The topological polar surface area (TPSA) is 129 Å². The predicted molar refractivity (Wildman–Crippen MR) is 146 cm³/mol. The Morgan fingerprint density at radius 1 is 0.949 bits per heavy atom. The Kier molecular flexibility index (Phi) is 7.38. The van der Waals surface area contributed by atoms with Gasteiger partial charge in [0.15, 0.2) is 0 Å². The van der Waals surface area contributed by atoms with Crippen LogP contribution in [0.2, 0.25) is 0 Å². The van der Waals surface area contributed by atoms with E-state index in [2.05, 4.69) is 4.98 Å². The van der Waals surface area contributed by atoms with Crippen molar-refractivity contribution in [3.63, 3.8) is 0 Å². The molecule has 1 saturated heterocycles. The largest absolute Gasteiger partial charge is 0.496 e. The number of nitrogen functional groups attached to an aromatic ring is 1. The summed E-state index contributed by atoms with van der Waals surface area (Å²) in [6.07, 6.45) is -2.89. The van der Waals surface area contributed by atoms with Gasteiger partial charge in [-0.3, -0.25) is 4.57 Å². The van der Waals surface area contributed by atoms with E-state index < -0.39 is 35.6 Å². The van der Waals surface area contributed by atoms with Crippen molar-refractivity contribution in [2.45, 2.75) is 36.4 Å². The van der Waals surface area contributed by atoms with E-state index >= 15 is 0 Å². The number of rotatable bonds is 8. The number of aromatic nitrogens is 2. The highest BCUT2D eigenvalue weighted by atomic mass is 16.5. The molecule has 0 saturated carbocycles. The molecule has 9 heteroatoms. The van der Waals surface area contributed by atoms with Crippen molar-refractivity contribution in [2.24, 2.45) is 0 Å². The smallest absolute Gasteiger partial charge is 0.351 e. The quantitative estimate of drug-likeness (QED) is 0.297. The van der Waals surface area contributed by atoms with Crippen molar-refractivity contribution >= 4 is 5.82 Å². The van der Waals surface area contributed by atoms with Gasteiger partial charge in [0.05, 0.1) is 25.7 Å². The fourth-order valence-electron chi connectivity index (χ4n) is 5.61. The fourth-order valence-corrected chi connectivity index (χ4v) is 5.61. The Hall–Kier alpha value is -4.18. The maximum atomic E-state index is 12.6. The molecule has 1 fully saturated rings. The first-order chi connectivity index (χ1) is 18.9. The predicted octanol–water partition coefficient (Wildman–Crippen LogP) is 2.89. The molecule has 0 aliphatic carbocycles. The summed E-state index contributed by atoms with van der Waals surface area (Å²) in [5.41, 5.74) is 5.78. The van der Waals surface area contributed by atoms with Crippen LogP contribution in [0, 0.1) is 0 Å². The standard InChI is InChI=1S/C30H31N3O6/c1-37-23-14-8-6-12-20(23)30(19-10-4-3-5-11-19,21-13-7-9-15-24(21)38-2)28(35)27-22(34)18-26(39-27)33-17-16-25(31)32-29(33)36/h3-17,22,26-28,34-35H,18H2,1-2H3,(H2,31,32,36)/t22-,26+,27-,28?/m0/s1. The van der Waals surface area contributed by atoms with Gasteiger partial charge in [-0.1, -0.05) is 66.7 Å². The maximum absolute atomic E-state index is 12.6. The Labute approximate surface area is 226 Å².